The standard InChI is InChI=1S/C14H17N3O4/c1-9-4-5-17-7-10(15-11(17)6-9)12(18)16-14(2,8-21-3)13(19)20/h4-7H,8H2,1-3H3,(H,16,18)(H,19,20). The van der Waals surface area contributed by atoms with E-state index in [-0.39, 0.29) is 12.3 Å². The minimum absolute atomic E-state index is 0.138. The van der Waals surface area contributed by atoms with E-state index < -0.39 is 17.4 Å². The molecule has 112 valence electrons. The Morgan fingerprint density at radius 3 is 2.86 bits per heavy atom. The highest BCUT2D eigenvalue weighted by molar-refractivity contribution is 5.96. The molecule has 0 aliphatic heterocycles. The van der Waals surface area contributed by atoms with Crippen LogP contribution in [0, 0.1) is 6.92 Å². The maximum atomic E-state index is 12.2. The van der Waals surface area contributed by atoms with Crippen LogP contribution in [0.5, 0.6) is 0 Å². The molecule has 0 bridgehead atoms. The summed E-state index contributed by atoms with van der Waals surface area (Å²) in [4.78, 5) is 27.7. The second kappa shape index (κ2) is 5.53. The van der Waals surface area contributed by atoms with Crippen LogP contribution in [0.4, 0.5) is 0 Å². The van der Waals surface area contributed by atoms with Gasteiger partial charge < -0.3 is 19.6 Å². The van der Waals surface area contributed by atoms with Gasteiger partial charge in [-0.25, -0.2) is 9.78 Å². The van der Waals surface area contributed by atoms with Gasteiger partial charge in [-0.1, -0.05) is 0 Å². The molecule has 0 spiro atoms. The van der Waals surface area contributed by atoms with Crippen LogP contribution >= 0.6 is 0 Å². The van der Waals surface area contributed by atoms with Crippen LogP contribution in [-0.4, -0.2) is 45.6 Å². The number of carbonyl (C=O) groups excluding carboxylic acids is 1. The third-order valence-corrected chi connectivity index (χ3v) is 3.14. The van der Waals surface area contributed by atoms with E-state index in [0.717, 1.165) is 5.56 Å². The van der Waals surface area contributed by atoms with Crippen LogP contribution in [-0.2, 0) is 9.53 Å². The molecule has 2 rings (SSSR count). The van der Waals surface area contributed by atoms with Gasteiger partial charge in [0.1, 0.15) is 11.3 Å². The number of ether oxygens (including phenoxy) is 1. The highest BCUT2D eigenvalue weighted by Crippen LogP contribution is 2.10. The van der Waals surface area contributed by atoms with Crippen LogP contribution in [0.1, 0.15) is 23.0 Å². The summed E-state index contributed by atoms with van der Waals surface area (Å²) in [7, 11) is 1.38. The number of pyridine rings is 1. The van der Waals surface area contributed by atoms with Gasteiger partial charge in [0.2, 0.25) is 0 Å². The first-order valence-electron chi connectivity index (χ1n) is 6.36. The molecule has 1 atom stereocenters. The molecule has 0 fully saturated rings. The highest BCUT2D eigenvalue weighted by Gasteiger charge is 2.35. The number of aryl methyl sites for hydroxylation is 1. The van der Waals surface area contributed by atoms with Gasteiger partial charge in [-0.15, -0.1) is 0 Å². The summed E-state index contributed by atoms with van der Waals surface area (Å²) in [5.41, 5.74) is 0.306. The minimum Gasteiger partial charge on any atom is -0.479 e. The predicted molar refractivity (Wildman–Crippen MR) is 75.3 cm³/mol. The van der Waals surface area contributed by atoms with Crippen LogP contribution < -0.4 is 5.32 Å². The van der Waals surface area contributed by atoms with Crippen LogP contribution in [0.2, 0.25) is 0 Å². The zero-order chi connectivity index (χ0) is 15.6. The summed E-state index contributed by atoms with van der Waals surface area (Å²) in [6.07, 6.45) is 3.35. The van der Waals surface area contributed by atoms with E-state index in [4.69, 9.17) is 4.74 Å². The lowest BCUT2D eigenvalue weighted by Gasteiger charge is -2.24. The lowest BCUT2D eigenvalue weighted by atomic mass is 10.0. The molecule has 2 N–H and O–H groups in total. The predicted octanol–water partition coefficient (Wildman–Crippen LogP) is 0.862. The molecular weight excluding hydrogens is 274 g/mol. The fourth-order valence-electron chi connectivity index (χ4n) is 1.95. The summed E-state index contributed by atoms with van der Waals surface area (Å²) in [5, 5.41) is 11.7. The van der Waals surface area contributed by atoms with Crippen molar-refractivity contribution < 1.29 is 19.4 Å². The number of carboxylic acid groups (broad SMARTS) is 1. The Balaban J connectivity index is 2.27. The molecule has 0 radical (unpaired) electrons. The smallest absolute Gasteiger partial charge is 0.331 e. The SMILES string of the molecule is COCC(C)(NC(=O)c1cn2ccc(C)cc2n1)C(=O)O. The van der Waals surface area contributed by atoms with E-state index in [2.05, 4.69) is 10.3 Å². The van der Waals surface area contributed by atoms with Crippen molar-refractivity contribution in [2.45, 2.75) is 19.4 Å². The number of aliphatic carboxylic acids is 1. The molecule has 0 saturated carbocycles. The van der Waals surface area contributed by atoms with Crippen LogP contribution in [0.25, 0.3) is 5.65 Å². The number of hydrogen-bond acceptors (Lipinski definition) is 4. The van der Waals surface area contributed by atoms with E-state index >= 15 is 0 Å². The first-order valence-corrected chi connectivity index (χ1v) is 6.36. The molecule has 21 heavy (non-hydrogen) atoms. The van der Waals surface area contributed by atoms with Crippen molar-refractivity contribution in [2.24, 2.45) is 0 Å². The van der Waals surface area contributed by atoms with Crippen LogP contribution in [0.15, 0.2) is 24.5 Å². The van der Waals surface area contributed by atoms with Gasteiger partial charge in [0.05, 0.1) is 6.61 Å². The second-order valence-corrected chi connectivity index (χ2v) is 5.12. The molecule has 0 aromatic carbocycles. The monoisotopic (exact) mass is 291 g/mol. The zero-order valence-corrected chi connectivity index (χ0v) is 12.1. The Morgan fingerprint density at radius 2 is 2.24 bits per heavy atom. The Kier molecular flexibility index (Phi) is 3.95. The van der Waals surface area contributed by atoms with Gasteiger partial charge >= 0.3 is 5.97 Å². The average molecular weight is 291 g/mol. The number of aromatic nitrogens is 2. The lowest BCUT2D eigenvalue weighted by Crippen LogP contribution is -2.55. The number of rotatable bonds is 5. The number of carboxylic acids is 1. The van der Waals surface area contributed by atoms with E-state index in [0.29, 0.717) is 5.65 Å². The number of nitrogens with one attached hydrogen (secondary N) is 1. The van der Waals surface area contributed by atoms with E-state index in [1.807, 2.05) is 19.1 Å². The van der Waals surface area contributed by atoms with Gasteiger partial charge in [0.15, 0.2) is 5.54 Å². The van der Waals surface area contributed by atoms with Crippen LogP contribution in [0.3, 0.4) is 0 Å². The largest absolute Gasteiger partial charge is 0.479 e. The lowest BCUT2D eigenvalue weighted by molar-refractivity contribution is -0.145. The first-order chi connectivity index (χ1) is 9.85. The van der Waals surface area contributed by atoms with Gasteiger partial charge in [-0.3, -0.25) is 4.79 Å². The molecule has 0 aliphatic carbocycles. The highest BCUT2D eigenvalue weighted by atomic mass is 16.5. The normalized spacial score (nSPS) is 13.9. The number of methoxy groups -OCH3 is 1. The molecule has 2 aromatic rings. The Bertz CT molecular complexity index is 695. The summed E-state index contributed by atoms with van der Waals surface area (Å²) in [5.74, 6) is -1.73. The fraction of sp³-hybridized carbons (Fsp3) is 0.357. The van der Waals surface area contributed by atoms with Crippen molar-refractivity contribution in [1.29, 1.82) is 0 Å². The van der Waals surface area contributed by atoms with Crippen molar-refractivity contribution in [1.82, 2.24) is 14.7 Å². The Hall–Kier alpha value is -2.41. The fourth-order valence-corrected chi connectivity index (χ4v) is 1.95. The quantitative estimate of drug-likeness (QED) is 0.852. The summed E-state index contributed by atoms with van der Waals surface area (Å²) in [6, 6.07) is 3.73. The number of hydrogen-bond donors (Lipinski definition) is 2. The third kappa shape index (κ3) is 3.03. The van der Waals surface area contributed by atoms with Crippen molar-refractivity contribution in [3.8, 4) is 0 Å². The Labute approximate surface area is 121 Å². The average Bonchev–Trinajstić information content (AvgIpc) is 2.81. The second-order valence-electron chi connectivity index (χ2n) is 5.12. The van der Waals surface area contributed by atoms with Gasteiger partial charge in [-0.05, 0) is 31.5 Å². The Morgan fingerprint density at radius 1 is 1.52 bits per heavy atom. The topological polar surface area (TPSA) is 92.9 Å². The maximum absolute atomic E-state index is 12.2. The van der Waals surface area contributed by atoms with E-state index in [9.17, 15) is 14.7 Å². The number of imidazole rings is 1. The summed E-state index contributed by atoms with van der Waals surface area (Å²) < 4.78 is 6.56. The van der Waals surface area contributed by atoms with Gasteiger partial charge in [-0.2, -0.15) is 0 Å². The molecule has 7 nitrogen and oxygen atoms in total. The molecule has 2 aromatic heterocycles. The minimum atomic E-state index is -1.50. The van der Waals surface area contributed by atoms with Gasteiger partial charge in [0.25, 0.3) is 5.91 Å². The van der Waals surface area contributed by atoms with Crippen molar-refractivity contribution in [2.75, 3.05) is 13.7 Å². The number of fused-ring (bicyclic) bond motifs is 1. The molecule has 1 unspecified atom stereocenters. The first kappa shape index (κ1) is 15.0. The van der Waals surface area contributed by atoms with Crippen molar-refractivity contribution >= 4 is 17.5 Å². The van der Waals surface area contributed by atoms with Crippen molar-refractivity contribution in [3.05, 3.63) is 35.8 Å². The molecule has 0 saturated heterocycles. The maximum Gasteiger partial charge on any atom is 0.331 e. The van der Waals surface area contributed by atoms with E-state index in [1.54, 1.807) is 16.8 Å². The number of carbonyl (C=O) groups is 2. The summed E-state index contributed by atoms with van der Waals surface area (Å²) >= 11 is 0. The molecule has 2 heterocycles. The van der Waals surface area contributed by atoms with E-state index in [1.165, 1.54) is 14.0 Å². The number of nitrogens with zero attached hydrogens (tertiary/aromatic N) is 2. The van der Waals surface area contributed by atoms with Gasteiger partial charge in [0, 0.05) is 19.5 Å². The summed E-state index contributed by atoms with van der Waals surface area (Å²) in [6.45, 7) is 3.17. The zero-order valence-electron chi connectivity index (χ0n) is 12.1. The third-order valence-electron chi connectivity index (χ3n) is 3.14. The van der Waals surface area contributed by atoms with Crippen molar-refractivity contribution in [3.63, 3.8) is 0 Å². The molecular formula is C14H17N3O4. The molecule has 7 heteroatoms. The molecule has 0 aliphatic rings. The molecule has 1 amide bonds. The number of amides is 1.